The Kier molecular flexibility index (Phi) is 5.88. The lowest BCUT2D eigenvalue weighted by atomic mass is 10.0. The molecule has 0 radical (unpaired) electrons. The molecular weight excluding hydrogens is 394 g/mol. The zero-order valence-electron chi connectivity index (χ0n) is 17.9. The van der Waals surface area contributed by atoms with Gasteiger partial charge in [-0.15, -0.1) is 0 Å². The van der Waals surface area contributed by atoms with Crippen molar-refractivity contribution >= 4 is 22.8 Å². The van der Waals surface area contributed by atoms with Gasteiger partial charge in [-0.05, 0) is 18.4 Å². The second-order valence-electron chi connectivity index (χ2n) is 7.86. The third kappa shape index (κ3) is 4.10. The van der Waals surface area contributed by atoms with E-state index in [0.717, 1.165) is 17.7 Å². The van der Waals surface area contributed by atoms with E-state index >= 15 is 0 Å². The Morgan fingerprint density at radius 2 is 1.90 bits per heavy atom. The Labute approximate surface area is 180 Å². The number of aromatic hydroxyl groups is 1. The van der Waals surface area contributed by atoms with Crippen LogP contribution >= 0.6 is 0 Å². The van der Waals surface area contributed by atoms with Crippen molar-refractivity contribution in [2.75, 3.05) is 6.54 Å². The molecular formula is C23H27N5O3. The number of carbonyl (C=O) groups is 1. The molecule has 162 valence electrons. The molecule has 3 aromatic rings. The molecule has 1 aliphatic rings. The molecule has 2 N–H and O–H groups in total. The molecule has 31 heavy (non-hydrogen) atoms. The summed E-state index contributed by atoms with van der Waals surface area (Å²) in [4.78, 5) is 32.5. The van der Waals surface area contributed by atoms with Crippen molar-refractivity contribution in [1.82, 2.24) is 19.5 Å². The molecule has 4 rings (SSSR count). The van der Waals surface area contributed by atoms with Gasteiger partial charge in [0.05, 0.1) is 11.3 Å². The third-order valence-corrected chi connectivity index (χ3v) is 5.63. The van der Waals surface area contributed by atoms with Crippen LogP contribution in [0.25, 0.3) is 11.2 Å². The average molecular weight is 422 g/mol. The van der Waals surface area contributed by atoms with Crippen molar-refractivity contribution in [3.63, 3.8) is 0 Å². The van der Waals surface area contributed by atoms with Crippen molar-refractivity contribution in [2.45, 2.75) is 45.4 Å². The number of aromatic amines is 1. The van der Waals surface area contributed by atoms with E-state index in [1.165, 1.54) is 4.57 Å². The fourth-order valence-corrected chi connectivity index (χ4v) is 3.97. The van der Waals surface area contributed by atoms with E-state index in [1.807, 2.05) is 37.3 Å². The number of nitrogens with one attached hydrogen (secondary N) is 1. The Bertz CT molecular complexity index is 1190. The molecule has 1 aromatic carbocycles. The van der Waals surface area contributed by atoms with Crippen molar-refractivity contribution < 1.29 is 9.90 Å². The highest BCUT2D eigenvalue weighted by atomic mass is 16.3. The molecule has 8 heteroatoms. The second kappa shape index (κ2) is 8.75. The minimum atomic E-state index is -0.216. The van der Waals surface area contributed by atoms with Crippen LogP contribution in [0.5, 0.6) is 5.75 Å². The molecule has 1 aliphatic heterocycles. The number of H-pyrrole nitrogens is 1. The predicted molar refractivity (Wildman–Crippen MR) is 119 cm³/mol. The molecule has 0 unspecified atom stereocenters. The first kappa shape index (κ1) is 20.8. The number of nitrogens with zero attached hydrogens (tertiary/aromatic N) is 4. The van der Waals surface area contributed by atoms with E-state index in [9.17, 15) is 14.7 Å². The average Bonchev–Trinajstić information content (AvgIpc) is 3.22. The molecule has 0 spiro atoms. The fraction of sp³-hybridized carbons (Fsp3) is 0.391. The molecule has 0 saturated carbocycles. The summed E-state index contributed by atoms with van der Waals surface area (Å²) >= 11 is 0. The highest BCUT2D eigenvalue weighted by Gasteiger charge is 2.21. The summed E-state index contributed by atoms with van der Waals surface area (Å²) in [6.07, 6.45) is 3.62. The highest BCUT2D eigenvalue weighted by Crippen LogP contribution is 2.25. The van der Waals surface area contributed by atoms with Crippen LogP contribution in [0.2, 0.25) is 0 Å². The summed E-state index contributed by atoms with van der Waals surface area (Å²) in [5.74, 6) is 0.682. The molecule has 3 heterocycles. The minimum Gasteiger partial charge on any atom is -0.505 e. The number of hydrazone groups is 1. The lowest BCUT2D eigenvalue weighted by Crippen LogP contribution is -2.33. The van der Waals surface area contributed by atoms with Crippen LogP contribution in [0.1, 0.15) is 49.6 Å². The van der Waals surface area contributed by atoms with Gasteiger partial charge < -0.3 is 10.1 Å². The molecule has 0 atom stereocenters. The van der Waals surface area contributed by atoms with Crippen molar-refractivity contribution in [3.8, 4) is 5.75 Å². The van der Waals surface area contributed by atoms with Gasteiger partial charge in [0.1, 0.15) is 11.3 Å². The molecule has 0 saturated heterocycles. The van der Waals surface area contributed by atoms with Gasteiger partial charge in [0, 0.05) is 32.9 Å². The van der Waals surface area contributed by atoms with E-state index in [1.54, 1.807) is 12.1 Å². The van der Waals surface area contributed by atoms with Gasteiger partial charge in [0.15, 0.2) is 11.4 Å². The van der Waals surface area contributed by atoms with Crippen LogP contribution in [0.15, 0.2) is 40.2 Å². The molecule has 8 nitrogen and oxygen atoms in total. The number of aryl methyl sites for hydroxylation is 2. The first-order chi connectivity index (χ1) is 15.0. The lowest BCUT2D eigenvalue weighted by Gasteiger charge is -2.23. The summed E-state index contributed by atoms with van der Waals surface area (Å²) in [6, 6.07) is 9.90. The van der Waals surface area contributed by atoms with Crippen LogP contribution in [-0.4, -0.2) is 42.8 Å². The third-order valence-electron chi connectivity index (χ3n) is 5.63. The highest BCUT2D eigenvalue weighted by molar-refractivity contribution is 6.04. The number of fused-ring (bicyclic) bond motifs is 1. The Hall–Kier alpha value is -3.42. The van der Waals surface area contributed by atoms with Gasteiger partial charge in [-0.2, -0.15) is 5.10 Å². The summed E-state index contributed by atoms with van der Waals surface area (Å²) in [5.41, 5.74) is 3.08. The van der Waals surface area contributed by atoms with E-state index in [4.69, 9.17) is 0 Å². The number of rotatable bonds is 7. The van der Waals surface area contributed by atoms with E-state index in [-0.39, 0.29) is 17.2 Å². The number of benzene rings is 1. The van der Waals surface area contributed by atoms with Crippen LogP contribution in [0.3, 0.4) is 0 Å². The summed E-state index contributed by atoms with van der Waals surface area (Å²) in [5, 5.41) is 16.7. The summed E-state index contributed by atoms with van der Waals surface area (Å²) < 4.78 is 1.48. The Morgan fingerprint density at radius 3 is 2.65 bits per heavy atom. The Morgan fingerprint density at radius 1 is 1.13 bits per heavy atom. The number of aromatic nitrogens is 3. The second-order valence-corrected chi connectivity index (χ2v) is 7.86. The lowest BCUT2D eigenvalue weighted by molar-refractivity contribution is -0.131. The van der Waals surface area contributed by atoms with Crippen LogP contribution in [0.4, 0.5) is 0 Å². The first-order valence-electron chi connectivity index (χ1n) is 10.7. The van der Waals surface area contributed by atoms with Crippen molar-refractivity contribution in [3.05, 3.63) is 57.6 Å². The van der Waals surface area contributed by atoms with Crippen molar-refractivity contribution in [1.29, 1.82) is 0 Å². The van der Waals surface area contributed by atoms with Crippen LogP contribution < -0.4 is 5.56 Å². The normalized spacial score (nSPS) is 14.3. The van der Waals surface area contributed by atoms with Crippen LogP contribution in [0, 0.1) is 0 Å². The largest absolute Gasteiger partial charge is 0.505 e. The van der Waals surface area contributed by atoms with Crippen molar-refractivity contribution in [2.24, 2.45) is 12.1 Å². The first-order valence-corrected chi connectivity index (χ1v) is 10.7. The number of carbonyl (C=O) groups excluding carboxylic acids is 1. The maximum atomic E-state index is 12.5. The topological polar surface area (TPSA) is 104 Å². The summed E-state index contributed by atoms with van der Waals surface area (Å²) in [7, 11) is 1.67. The van der Waals surface area contributed by atoms with E-state index < -0.39 is 0 Å². The fourth-order valence-electron chi connectivity index (χ4n) is 3.97. The number of imidazole rings is 1. The molecule has 0 aliphatic carbocycles. The van der Waals surface area contributed by atoms with Gasteiger partial charge in [-0.1, -0.05) is 43.7 Å². The van der Waals surface area contributed by atoms with Crippen LogP contribution in [-0.2, 0) is 24.7 Å². The molecule has 1 amide bonds. The number of hydrogen-bond acceptors (Lipinski definition) is 5. The zero-order valence-corrected chi connectivity index (χ0v) is 17.9. The zero-order chi connectivity index (χ0) is 22.0. The van der Waals surface area contributed by atoms with E-state index in [0.29, 0.717) is 61.2 Å². The van der Waals surface area contributed by atoms with Gasteiger partial charge in [0.25, 0.3) is 5.56 Å². The quantitative estimate of drug-likeness (QED) is 0.612. The van der Waals surface area contributed by atoms with Gasteiger partial charge in [-0.3, -0.25) is 14.2 Å². The maximum absolute atomic E-state index is 12.5. The monoisotopic (exact) mass is 421 g/mol. The number of pyridine rings is 1. The standard InChI is InChI=1S/C23H27N5O3/c1-3-8-16-21(30)20-22(27(2)23(16)31)25-18(24-20)11-7-14-28-19(29)13-12-17(26-28)15-9-5-4-6-10-15/h4-6,9-10,30H,3,7-8,11-14H2,1-2H3,(H,24,25). The van der Waals surface area contributed by atoms with E-state index in [2.05, 4.69) is 15.1 Å². The van der Waals surface area contributed by atoms with Gasteiger partial charge in [-0.25, -0.2) is 9.99 Å². The SMILES string of the molecule is CCCc1c(O)c2[nH]c(CCCN3N=C(c4ccccc4)CCC3=O)nc2n(C)c1=O. The molecule has 0 fully saturated rings. The minimum absolute atomic E-state index is 0.0120. The number of amides is 1. The smallest absolute Gasteiger partial charge is 0.258 e. The Balaban J connectivity index is 1.49. The predicted octanol–water partition coefficient (Wildman–Crippen LogP) is 2.88. The molecule has 0 bridgehead atoms. The number of hydrogen-bond donors (Lipinski definition) is 2. The summed E-state index contributed by atoms with van der Waals surface area (Å²) in [6.45, 7) is 2.45. The molecule has 2 aromatic heterocycles. The van der Waals surface area contributed by atoms with Gasteiger partial charge in [0.2, 0.25) is 5.91 Å². The maximum Gasteiger partial charge on any atom is 0.258 e. The van der Waals surface area contributed by atoms with Gasteiger partial charge >= 0.3 is 0 Å².